The van der Waals surface area contributed by atoms with Gasteiger partial charge >= 0.3 is 0 Å². The molecule has 1 unspecified atom stereocenters. The molecule has 9 heavy (non-hydrogen) atoms. The van der Waals surface area contributed by atoms with Crippen molar-refractivity contribution in [2.75, 3.05) is 20.3 Å². The van der Waals surface area contributed by atoms with Gasteiger partial charge in [0.2, 0.25) is 0 Å². The van der Waals surface area contributed by atoms with E-state index < -0.39 is 0 Å². The van der Waals surface area contributed by atoms with Crippen molar-refractivity contribution in [3.8, 4) is 0 Å². The first-order valence-electron chi connectivity index (χ1n) is 3.40. The summed E-state index contributed by atoms with van der Waals surface area (Å²) in [4.78, 5) is 0. The van der Waals surface area contributed by atoms with E-state index in [9.17, 15) is 0 Å². The van der Waals surface area contributed by atoms with Crippen LogP contribution in [0.5, 0.6) is 0 Å². The van der Waals surface area contributed by atoms with Gasteiger partial charge in [-0.15, -0.1) is 0 Å². The van der Waals surface area contributed by atoms with Crippen LogP contribution in [0.25, 0.3) is 0 Å². The van der Waals surface area contributed by atoms with Crippen LogP contribution < -0.4 is 0 Å². The summed E-state index contributed by atoms with van der Waals surface area (Å²) in [6, 6.07) is 0. The Morgan fingerprint density at radius 2 is 2.44 bits per heavy atom. The van der Waals surface area contributed by atoms with Crippen LogP contribution in [0.3, 0.4) is 0 Å². The lowest BCUT2D eigenvalue weighted by atomic mass is 10.2. The third kappa shape index (κ3) is 1.53. The molecule has 0 saturated carbocycles. The van der Waals surface area contributed by atoms with Crippen molar-refractivity contribution in [1.29, 1.82) is 0 Å². The summed E-state index contributed by atoms with van der Waals surface area (Å²) < 4.78 is 0.694. The molecule has 2 heteroatoms. The van der Waals surface area contributed by atoms with Gasteiger partial charge in [-0.1, -0.05) is 0 Å². The summed E-state index contributed by atoms with van der Waals surface area (Å²) in [6.07, 6.45) is 6.59. The quantitative estimate of drug-likeness (QED) is 0.515. The van der Waals surface area contributed by atoms with Gasteiger partial charge < -0.3 is 5.11 Å². The molecule has 0 radical (unpaired) electrons. The number of aliphatic hydroxyl groups excluding tert-OH is 1. The predicted octanol–water partition coefficient (Wildman–Crippen LogP) is 0.690. The summed E-state index contributed by atoms with van der Waals surface area (Å²) in [5, 5.41) is 8.87. The van der Waals surface area contributed by atoms with E-state index in [0.29, 0.717) is 4.48 Å². The van der Waals surface area contributed by atoms with Gasteiger partial charge in [-0.05, 0) is 12.5 Å². The second-order valence-corrected chi connectivity index (χ2v) is 2.87. The van der Waals surface area contributed by atoms with Crippen molar-refractivity contribution in [2.45, 2.75) is 12.8 Å². The molecule has 2 nitrogen and oxygen atoms in total. The van der Waals surface area contributed by atoms with E-state index in [-0.39, 0.29) is 6.73 Å². The molecule has 1 heterocycles. The Morgan fingerprint density at radius 1 is 1.67 bits per heavy atom. The first kappa shape index (κ1) is 6.78. The Kier molecular flexibility index (Phi) is 1.88. The van der Waals surface area contributed by atoms with Crippen LogP contribution in [0.1, 0.15) is 12.8 Å². The molecular formula is C7H14NO+. The highest BCUT2D eigenvalue weighted by Gasteiger charge is 2.18. The molecule has 0 aromatic carbocycles. The van der Waals surface area contributed by atoms with Gasteiger partial charge in [-0.2, -0.15) is 0 Å². The largest absolute Gasteiger partial charge is 0.347 e. The molecule has 1 N–H and O–H groups in total. The lowest BCUT2D eigenvalue weighted by Crippen LogP contribution is -2.41. The standard InChI is InChI=1S/C7H14NO/c1-8(7-9)5-3-2-4-6-8/h3,5,9H,2,4,6-7H2,1H3/q+1. The average molecular weight is 128 g/mol. The van der Waals surface area contributed by atoms with Gasteiger partial charge in [0.15, 0.2) is 6.73 Å². The number of quaternary nitrogens is 1. The van der Waals surface area contributed by atoms with Crippen LogP contribution in [0.2, 0.25) is 0 Å². The monoisotopic (exact) mass is 128 g/mol. The highest BCUT2D eigenvalue weighted by molar-refractivity contribution is 4.77. The van der Waals surface area contributed by atoms with Crippen LogP contribution >= 0.6 is 0 Å². The predicted molar refractivity (Wildman–Crippen MR) is 36.5 cm³/mol. The van der Waals surface area contributed by atoms with Gasteiger partial charge in [0, 0.05) is 6.42 Å². The number of rotatable bonds is 1. The second kappa shape index (κ2) is 2.50. The van der Waals surface area contributed by atoms with Crippen molar-refractivity contribution in [3.63, 3.8) is 0 Å². The zero-order valence-electron chi connectivity index (χ0n) is 5.88. The van der Waals surface area contributed by atoms with Crippen molar-refractivity contribution in [2.24, 2.45) is 0 Å². The van der Waals surface area contributed by atoms with Crippen LogP contribution in [-0.2, 0) is 0 Å². The number of hydrogen-bond donors (Lipinski definition) is 1. The van der Waals surface area contributed by atoms with Crippen molar-refractivity contribution in [3.05, 3.63) is 12.3 Å². The number of hydrogen-bond acceptors (Lipinski definition) is 1. The molecule has 1 rings (SSSR count). The Labute approximate surface area is 56.0 Å². The minimum Gasteiger partial charge on any atom is -0.347 e. The van der Waals surface area contributed by atoms with Gasteiger partial charge in [0.1, 0.15) is 0 Å². The molecule has 1 aliphatic heterocycles. The fraction of sp³-hybridized carbons (Fsp3) is 0.714. The van der Waals surface area contributed by atoms with Crippen LogP contribution in [0, 0.1) is 0 Å². The number of nitrogens with zero attached hydrogens (tertiary/aromatic N) is 1. The highest BCUT2D eigenvalue weighted by atomic mass is 16.3. The van der Waals surface area contributed by atoms with E-state index in [1.807, 2.05) is 7.05 Å². The van der Waals surface area contributed by atoms with Crippen LogP contribution in [0.4, 0.5) is 0 Å². The first-order chi connectivity index (χ1) is 4.27. The summed E-state index contributed by atoms with van der Waals surface area (Å²) >= 11 is 0. The molecule has 1 atom stereocenters. The van der Waals surface area contributed by atoms with E-state index in [0.717, 1.165) is 6.54 Å². The summed E-state index contributed by atoms with van der Waals surface area (Å²) in [5.41, 5.74) is 0. The van der Waals surface area contributed by atoms with Crippen LogP contribution in [-0.4, -0.2) is 29.9 Å². The molecular weight excluding hydrogens is 114 g/mol. The van der Waals surface area contributed by atoms with E-state index in [1.54, 1.807) is 0 Å². The van der Waals surface area contributed by atoms with Crippen molar-refractivity contribution < 1.29 is 9.59 Å². The molecule has 0 spiro atoms. The molecule has 52 valence electrons. The maximum atomic E-state index is 8.87. The van der Waals surface area contributed by atoms with E-state index in [1.165, 1.54) is 12.8 Å². The average Bonchev–Trinajstić information content (AvgIpc) is 1.90. The third-order valence-corrected chi connectivity index (χ3v) is 1.83. The first-order valence-corrected chi connectivity index (χ1v) is 3.40. The zero-order chi connectivity index (χ0) is 6.74. The smallest absolute Gasteiger partial charge is 0.184 e. The van der Waals surface area contributed by atoms with Crippen LogP contribution in [0.15, 0.2) is 12.3 Å². The topological polar surface area (TPSA) is 20.2 Å². The molecule has 0 aromatic rings. The van der Waals surface area contributed by atoms with E-state index in [2.05, 4.69) is 12.3 Å². The second-order valence-electron chi connectivity index (χ2n) is 2.87. The maximum Gasteiger partial charge on any atom is 0.184 e. The van der Waals surface area contributed by atoms with Crippen molar-refractivity contribution >= 4 is 0 Å². The maximum absolute atomic E-state index is 8.87. The lowest BCUT2D eigenvalue weighted by Gasteiger charge is -2.29. The molecule has 0 bridgehead atoms. The van der Waals surface area contributed by atoms with E-state index >= 15 is 0 Å². The van der Waals surface area contributed by atoms with Gasteiger partial charge in [-0.3, -0.25) is 4.48 Å². The Morgan fingerprint density at radius 3 is 2.78 bits per heavy atom. The summed E-state index contributed by atoms with van der Waals surface area (Å²) in [6.45, 7) is 1.31. The lowest BCUT2D eigenvalue weighted by molar-refractivity contribution is -0.881. The van der Waals surface area contributed by atoms with Gasteiger partial charge in [0.25, 0.3) is 0 Å². The normalized spacial score (nSPS) is 34.9. The minimum atomic E-state index is 0.233. The number of allylic oxidation sites excluding steroid dienone is 1. The van der Waals surface area contributed by atoms with E-state index in [4.69, 9.17) is 5.11 Å². The van der Waals surface area contributed by atoms with Gasteiger partial charge in [-0.25, -0.2) is 0 Å². The third-order valence-electron chi connectivity index (χ3n) is 1.83. The Balaban J connectivity index is 2.56. The summed E-state index contributed by atoms with van der Waals surface area (Å²) in [5.74, 6) is 0. The van der Waals surface area contributed by atoms with Gasteiger partial charge in [0.05, 0.1) is 19.8 Å². The molecule has 0 aliphatic carbocycles. The molecule has 0 amide bonds. The summed E-state index contributed by atoms with van der Waals surface area (Å²) in [7, 11) is 2.04. The fourth-order valence-electron chi connectivity index (χ4n) is 1.09. The Bertz CT molecular complexity index is 122. The fourth-order valence-corrected chi connectivity index (χ4v) is 1.09. The zero-order valence-corrected chi connectivity index (χ0v) is 5.88. The Hall–Kier alpha value is -0.340. The SMILES string of the molecule is C[N+]1(CO)C=CCCC1. The van der Waals surface area contributed by atoms with Crippen molar-refractivity contribution in [1.82, 2.24) is 0 Å². The number of aliphatic hydroxyl groups is 1. The molecule has 0 saturated heterocycles. The molecule has 1 aliphatic rings. The molecule has 0 aromatic heterocycles. The molecule has 0 fully saturated rings. The minimum absolute atomic E-state index is 0.233. The highest BCUT2D eigenvalue weighted by Crippen LogP contribution is 2.11.